The van der Waals surface area contributed by atoms with E-state index in [1.807, 2.05) is 6.07 Å². The van der Waals surface area contributed by atoms with E-state index in [9.17, 15) is 0 Å². The number of anilines is 3. The lowest BCUT2D eigenvalue weighted by Crippen LogP contribution is -2.05. The Morgan fingerprint density at radius 2 is 1.74 bits per heavy atom. The second kappa shape index (κ2) is 8.07. The first kappa shape index (κ1) is 16.7. The van der Waals surface area contributed by atoms with Crippen molar-refractivity contribution in [2.75, 3.05) is 38.5 Å². The van der Waals surface area contributed by atoms with Gasteiger partial charge >= 0.3 is 0 Å². The van der Waals surface area contributed by atoms with Crippen molar-refractivity contribution in [2.45, 2.75) is 13.3 Å². The third kappa shape index (κ3) is 4.15. The van der Waals surface area contributed by atoms with Crippen LogP contribution >= 0.6 is 0 Å². The highest BCUT2D eigenvalue weighted by Gasteiger charge is 2.13. The zero-order valence-electron chi connectivity index (χ0n) is 13.8. The number of hydrogen-bond acceptors (Lipinski definition) is 7. The van der Waals surface area contributed by atoms with Crippen LogP contribution in [0.4, 0.5) is 17.5 Å². The SMILES string of the molecule is CCCNc1ccnc(Nc2cc(OC)c(OC)c(OC)c2)n1. The maximum absolute atomic E-state index is 5.34. The van der Waals surface area contributed by atoms with Crippen LogP contribution in [-0.4, -0.2) is 37.8 Å². The fourth-order valence-electron chi connectivity index (χ4n) is 2.05. The Hall–Kier alpha value is -2.70. The Labute approximate surface area is 136 Å². The average Bonchev–Trinajstić information content (AvgIpc) is 2.59. The molecule has 0 unspecified atom stereocenters. The summed E-state index contributed by atoms with van der Waals surface area (Å²) in [5, 5.41) is 6.37. The Morgan fingerprint density at radius 3 is 2.30 bits per heavy atom. The second-order valence-corrected chi connectivity index (χ2v) is 4.73. The fourth-order valence-corrected chi connectivity index (χ4v) is 2.05. The summed E-state index contributed by atoms with van der Waals surface area (Å²) in [7, 11) is 4.72. The van der Waals surface area contributed by atoms with Crippen molar-refractivity contribution < 1.29 is 14.2 Å². The van der Waals surface area contributed by atoms with Crippen LogP contribution in [0, 0.1) is 0 Å². The standard InChI is InChI=1S/C16H22N4O3/c1-5-7-17-14-6-8-18-16(20-14)19-11-9-12(21-2)15(23-4)13(10-11)22-3/h6,8-10H,5,7H2,1-4H3,(H2,17,18,19,20). The van der Waals surface area contributed by atoms with Gasteiger partial charge in [-0.3, -0.25) is 0 Å². The van der Waals surface area contributed by atoms with E-state index in [0.717, 1.165) is 24.5 Å². The van der Waals surface area contributed by atoms with Crippen molar-refractivity contribution in [1.82, 2.24) is 9.97 Å². The van der Waals surface area contributed by atoms with Crippen LogP contribution in [0.15, 0.2) is 24.4 Å². The molecule has 1 heterocycles. The summed E-state index contributed by atoms with van der Waals surface area (Å²) in [4.78, 5) is 8.63. The van der Waals surface area contributed by atoms with Crippen LogP contribution < -0.4 is 24.8 Å². The van der Waals surface area contributed by atoms with Gasteiger partial charge in [-0.15, -0.1) is 0 Å². The molecule has 2 N–H and O–H groups in total. The maximum atomic E-state index is 5.34. The Morgan fingerprint density at radius 1 is 1.04 bits per heavy atom. The van der Waals surface area contributed by atoms with E-state index in [2.05, 4.69) is 27.5 Å². The molecule has 0 radical (unpaired) electrons. The van der Waals surface area contributed by atoms with E-state index >= 15 is 0 Å². The van der Waals surface area contributed by atoms with Gasteiger partial charge in [0.1, 0.15) is 5.82 Å². The van der Waals surface area contributed by atoms with E-state index in [-0.39, 0.29) is 0 Å². The fraction of sp³-hybridized carbons (Fsp3) is 0.375. The Kier molecular flexibility index (Phi) is 5.85. The summed E-state index contributed by atoms with van der Waals surface area (Å²) in [6, 6.07) is 5.43. The highest BCUT2D eigenvalue weighted by Crippen LogP contribution is 2.40. The Bertz CT molecular complexity index is 624. The van der Waals surface area contributed by atoms with Gasteiger partial charge in [0.05, 0.1) is 21.3 Å². The van der Waals surface area contributed by atoms with Crippen LogP contribution in [0.1, 0.15) is 13.3 Å². The second-order valence-electron chi connectivity index (χ2n) is 4.73. The van der Waals surface area contributed by atoms with Crippen LogP contribution in [0.25, 0.3) is 0 Å². The molecule has 7 heteroatoms. The number of aromatic nitrogens is 2. The van der Waals surface area contributed by atoms with Crippen molar-refractivity contribution in [3.8, 4) is 17.2 Å². The molecule has 124 valence electrons. The number of benzene rings is 1. The van der Waals surface area contributed by atoms with Gasteiger partial charge in [0.25, 0.3) is 0 Å². The number of hydrogen-bond donors (Lipinski definition) is 2. The van der Waals surface area contributed by atoms with Gasteiger partial charge < -0.3 is 24.8 Å². The lowest BCUT2D eigenvalue weighted by atomic mass is 10.2. The largest absolute Gasteiger partial charge is 0.493 e. The molecule has 2 aromatic rings. The molecule has 0 atom stereocenters. The summed E-state index contributed by atoms with van der Waals surface area (Å²) in [5.74, 6) is 2.93. The molecule has 1 aromatic heterocycles. The van der Waals surface area contributed by atoms with Gasteiger partial charge in [-0.25, -0.2) is 4.98 Å². The third-order valence-corrected chi connectivity index (χ3v) is 3.13. The molecule has 0 saturated carbocycles. The molecular weight excluding hydrogens is 296 g/mol. The monoisotopic (exact) mass is 318 g/mol. The number of rotatable bonds is 8. The maximum Gasteiger partial charge on any atom is 0.229 e. The third-order valence-electron chi connectivity index (χ3n) is 3.13. The van der Waals surface area contributed by atoms with E-state index < -0.39 is 0 Å². The van der Waals surface area contributed by atoms with E-state index in [0.29, 0.717) is 23.2 Å². The van der Waals surface area contributed by atoms with Crippen molar-refractivity contribution >= 4 is 17.5 Å². The number of nitrogens with one attached hydrogen (secondary N) is 2. The molecule has 0 amide bonds. The molecule has 1 aromatic carbocycles. The molecular formula is C16H22N4O3. The molecule has 0 aliphatic carbocycles. The summed E-state index contributed by atoms with van der Waals surface area (Å²) >= 11 is 0. The topological polar surface area (TPSA) is 77.5 Å². The number of methoxy groups -OCH3 is 3. The molecule has 2 rings (SSSR count). The van der Waals surface area contributed by atoms with Crippen molar-refractivity contribution in [3.05, 3.63) is 24.4 Å². The van der Waals surface area contributed by atoms with Crippen molar-refractivity contribution in [3.63, 3.8) is 0 Å². The first-order valence-electron chi connectivity index (χ1n) is 7.35. The smallest absolute Gasteiger partial charge is 0.229 e. The van der Waals surface area contributed by atoms with Gasteiger partial charge in [-0.05, 0) is 12.5 Å². The average molecular weight is 318 g/mol. The zero-order chi connectivity index (χ0) is 16.7. The van der Waals surface area contributed by atoms with Gasteiger partial charge in [0.2, 0.25) is 11.7 Å². The quantitative estimate of drug-likeness (QED) is 0.774. The minimum atomic E-state index is 0.486. The first-order chi connectivity index (χ1) is 11.2. The highest BCUT2D eigenvalue weighted by atomic mass is 16.5. The van der Waals surface area contributed by atoms with E-state index in [1.54, 1.807) is 39.7 Å². The van der Waals surface area contributed by atoms with E-state index in [4.69, 9.17) is 14.2 Å². The zero-order valence-corrected chi connectivity index (χ0v) is 13.8. The van der Waals surface area contributed by atoms with Crippen LogP contribution in [0.3, 0.4) is 0 Å². The summed E-state index contributed by atoms with van der Waals surface area (Å²) in [5.41, 5.74) is 0.743. The van der Waals surface area contributed by atoms with Crippen LogP contribution in [0.5, 0.6) is 17.2 Å². The molecule has 0 spiro atoms. The first-order valence-corrected chi connectivity index (χ1v) is 7.35. The van der Waals surface area contributed by atoms with Gasteiger partial charge in [-0.1, -0.05) is 6.92 Å². The van der Waals surface area contributed by atoms with Crippen LogP contribution in [0.2, 0.25) is 0 Å². The normalized spacial score (nSPS) is 10.1. The summed E-state index contributed by atoms with van der Waals surface area (Å²) in [6.07, 6.45) is 2.73. The summed E-state index contributed by atoms with van der Waals surface area (Å²) in [6.45, 7) is 2.96. The lowest BCUT2D eigenvalue weighted by Gasteiger charge is -2.14. The van der Waals surface area contributed by atoms with E-state index in [1.165, 1.54) is 0 Å². The molecule has 0 saturated heterocycles. The number of nitrogens with zero attached hydrogens (tertiary/aromatic N) is 2. The van der Waals surface area contributed by atoms with Gasteiger partial charge in [0, 0.05) is 30.6 Å². The minimum Gasteiger partial charge on any atom is -0.493 e. The van der Waals surface area contributed by atoms with Gasteiger partial charge in [-0.2, -0.15) is 4.98 Å². The lowest BCUT2D eigenvalue weighted by molar-refractivity contribution is 0.324. The van der Waals surface area contributed by atoms with Crippen molar-refractivity contribution in [1.29, 1.82) is 0 Å². The molecule has 23 heavy (non-hydrogen) atoms. The summed E-state index contributed by atoms with van der Waals surface area (Å²) < 4.78 is 16.0. The molecule has 0 bridgehead atoms. The van der Waals surface area contributed by atoms with Crippen LogP contribution in [-0.2, 0) is 0 Å². The minimum absolute atomic E-state index is 0.486. The van der Waals surface area contributed by atoms with Gasteiger partial charge in [0.15, 0.2) is 11.5 Å². The highest BCUT2D eigenvalue weighted by molar-refractivity contribution is 5.66. The predicted molar refractivity (Wildman–Crippen MR) is 90.2 cm³/mol. The predicted octanol–water partition coefficient (Wildman–Crippen LogP) is 3.07. The molecule has 7 nitrogen and oxygen atoms in total. The molecule has 0 aliphatic heterocycles. The number of ether oxygens (including phenoxy) is 3. The Balaban J connectivity index is 2.26. The molecule has 0 fully saturated rings. The van der Waals surface area contributed by atoms with Crippen molar-refractivity contribution in [2.24, 2.45) is 0 Å². The molecule has 0 aliphatic rings.